The summed E-state index contributed by atoms with van der Waals surface area (Å²) < 4.78 is 10.7. The van der Waals surface area contributed by atoms with Crippen LogP contribution in [0.25, 0.3) is 0 Å². The van der Waals surface area contributed by atoms with Gasteiger partial charge in [0, 0.05) is 13.5 Å². The fourth-order valence-electron chi connectivity index (χ4n) is 1.28. The van der Waals surface area contributed by atoms with Crippen LogP contribution in [0.2, 0.25) is 0 Å². The summed E-state index contributed by atoms with van der Waals surface area (Å²) in [6.07, 6.45) is 0.692. The van der Waals surface area contributed by atoms with E-state index in [-0.39, 0.29) is 11.2 Å². The van der Waals surface area contributed by atoms with Crippen LogP contribution in [-0.2, 0) is 4.74 Å². The van der Waals surface area contributed by atoms with Crippen molar-refractivity contribution in [2.75, 3.05) is 13.7 Å². The van der Waals surface area contributed by atoms with Gasteiger partial charge in [-0.25, -0.2) is 4.79 Å². The summed E-state index contributed by atoms with van der Waals surface area (Å²) in [6, 6.07) is 6.61. The van der Waals surface area contributed by atoms with Gasteiger partial charge in [0.1, 0.15) is 11.3 Å². The van der Waals surface area contributed by atoms with Gasteiger partial charge in [-0.2, -0.15) is 0 Å². The van der Waals surface area contributed by atoms with Crippen LogP contribution in [0.5, 0.6) is 5.75 Å². The highest BCUT2D eigenvalue weighted by molar-refractivity contribution is 5.90. The van der Waals surface area contributed by atoms with Gasteiger partial charge >= 0.3 is 5.97 Å². The Balaban J connectivity index is 2.61. The van der Waals surface area contributed by atoms with Gasteiger partial charge in [-0.05, 0) is 26.0 Å². The van der Waals surface area contributed by atoms with E-state index >= 15 is 0 Å². The van der Waals surface area contributed by atoms with E-state index in [1.54, 1.807) is 25.3 Å². The number of hydrogen-bond acceptors (Lipinski definition) is 3. The molecule has 1 rings (SSSR count). The molecule has 0 aromatic heterocycles. The van der Waals surface area contributed by atoms with E-state index in [1.165, 1.54) is 6.07 Å². The standard InChI is InChI=1S/C13H18O4/c1-13(2,16-3)8-9-17-11-7-5-4-6-10(11)12(14)15/h4-7H,8-9H2,1-3H3,(H,14,15). The van der Waals surface area contributed by atoms with Gasteiger partial charge in [-0.1, -0.05) is 12.1 Å². The fraction of sp³-hybridized carbons (Fsp3) is 0.462. The molecule has 0 unspecified atom stereocenters. The quantitative estimate of drug-likeness (QED) is 0.827. The summed E-state index contributed by atoms with van der Waals surface area (Å²) in [5.41, 5.74) is -0.0826. The van der Waals surface area contributed by atoms with Crippen molar-refractivity contribution in [3.05, 3.63) is 29.8 Å². The van der Waals surface area contributed by atoms with Crippen LogP contribution in [0.3, 0.4) is 0 Å². The molecular weight excluding hydrogens is 220 g/mol. The Kier molecular flexibility index (Phi) is 4.52. The van der Waals surface area contributed by atoms with Gasteiger partial charge in [0.15, 0.2) is 0 Å². The number of hydrogen-bond donors (Lipinski definition) is 1. The molecule has 0 radical (unpaired) electrons. The van der Waals surface area contributed by atoms with Crippen molar-refractivity contribution < 1.29 is 19.4 Å². The van der Waals surface area contributed by atoms with Crippen LogP contribution < -0.4 is 4.74 Å². The fourth-order valence-corrected chi connectivity index (χ4v) is 1.28. The van der Waals surface area contributed by atoms with E-state index in [0.29, 0.717) is 18.8 Å². The number of carboxylic acids is 1. The van der Waals surface area contributed by atoms with Crippen molar-refractivity contribution in [2.45, 2.75) is 25.9 Å². The predicted molar refractivity (Wildman–Crippen MR) is 64.6 cm³/mol. The van der Waals surface area contributed by atoms with E-state index in [1.807, 2.05) is 13.8 Å². The Bertz CT molecular complexity index is 385. The summed E-state index contributed by atoms with van der Waals surface area (Å²) in [6.45, 7) is 4.34. The highest BCUT2D eigenvalue weighted by atomic mass is 16.5. The Labute approximate surface area is 101 Å². The number of benzene rings is 1. The highest BCUT2D eigenvalue weighted by Crippen LogP contribution is 2.19. The first-order valence-corrected chi connectivity index (χ1v) is 5.46. The van der Waals surface area contributed by atoms with Crippen LogP contribution in [-0.4, -0.2) is 30.4 Å². The molecule has 4 nitrogen and oxygen atoms in total. The SMILES string of the molecule is COC(C)(C)CCOc1ccccc1C(=O)O. The zero-order chi connectivity index (χ0) is 12.9. The third-order valence-corrected chi connectivity index (χ3v) is 2.63. The molecule has 0 heterocycles. The van der Waals surface area contributed by atoms with Gasteiger partial charge < -0.3 is 14.6 Å². The second-order valence-corrected chi connectivity index (χ2v) is 4.36. The average Bonchev–Trinajstić information content (AvgIpc) is 2.29. The minimum atomic E-state index is -0.980. The maximum atomic E-state index is 10.9. The van der Waals surface area contributed by atoms with Crippen LogP contribution >= 0.6 is 0 Å². The van der Waals surface area contributed by atoms with E-state index in [2.05, 4.69) is 0 Å². The molecule has 1 aromatic carbocycles. The van der Waals surface area contributed by atoms with Crippen molar-refractivity contribution in [1.82, 2.24) is 0 Å². The van der Waals surface area contributed by atoms with E-state index in [4.69, 9.17) is 14.6 Å². The van der Waals surface area contributed by atoms with Crippen molar-refractivity contribution in [3.8, 4) is 5.75 Å². The highest BCUT2D eigenvalue weighted by Gasteiger charge is 2.17. The Morgan fingerprint density at radius 3 is 2.59 bits per heavy atom. The van der Waals surface area contributed by atoms with E-state index in [0.717, 1.165) is 0 Å². The lowest BCUT2D eigenvalue weighted by molar-refractivity contribution is 0.00538. The van der Waals surface area contributed by atoms with E-state index < -0.39 is 5.97 Å². The number of carbonyl (C=O) groups is 1. The second-order valence-electron chi connectivity index (χ2n) is 4.36. The molecular formula is C13H18O4. The molecule has 0 fully saturated rings. The van der Waals surface area contributed by atoms with Gasteiger partial charge in [-0.15, -0.1) is 0 Å². The lowest BCUT2D eigenvalue weighted by Crippen LogP contribution is -2.25. The second kappa shape index (κ2) is 5.68. The van der Waals surface area contributed by atoms with Gasteiger partial charge in [0.25, 0.3) is 0 Å². The molecule has 0 atom stereocenters. The summed E-state index contributed by atoms with van der Waals surface area (Å²) in [5.74, 6) is -0.585. The Morgan fingerprint density at radius 2 is 2.00 bits per heavy atom. The normalized spacial score (nSPS) is 11.2. The van der Waals surface area contributed by atoms with Gasteiger partial charge in [0.05, 0.1) is 12.2 Å². The molecule has 0 aliphatic heterocycles. The summed E-state index contributed by atoms with van der Waals surface area (Å²) >= 11 is 0. The molecule has 1 aromatic rings. The minimum absolute atomic E-state index is 0.183. The number of aromatic carboxylic acids is 1. The Hall–Kier alpha value is -1.55. The molecule has 0 aliphatic carbocycles. The monoisotopic (exact) mass is 238 g/mol. The third kappa shape index (κ3) is 4.07. The third-order valence-electron chi connectivity index (χ3n) is 2.63. The molecule has 0 saturated carbocycles. The molecule has 0 aliphatic rings. The molecule has 4 heteroatoms. The zero-order valence-electron chi connectivity index (χ0n) is 10.4. The van der Waals surface area contributed by atoms with Crippen LogP contribution in [0, 0.1) is 0 Å². The van der Waals surface area contributed by atoms with Crippen LogP contribution in [0.1, 0.15) is 30.6 Å². The van der Waals surface area contributed by atoms with Crippen LogP contribution in [0.4, 0.5) is 0 Å². The van der Waals surface area contributed by atoms with Gasteiger partial charge in [-0.3, -0.25) is 0 Å². The summed E-state index contributed by atoms with van der Waals surface area (Å²) in [4.78, 5) is 10.9. The largest absolute Gasteiger partial charge is 0.493 e. The smallest absolute Gasteiger partial charge is 0.339 e. The van der Waals surface area contributed by atoms with Crippen molar-refractivity contribution in [3.63, 3.8) is 0 Å². The molecule has 0 spiro atoms. The maximum Gasteiger partial charge on any atom is 0.339 e. The van der Waals surface area contributed by atoms with Crippen molar-refractivity contribution >= 4 is 5.97 Å². The molecule has 1 N–H and O–H groups in total. The number of methoxy groups -OCH3 is 1. The summed E-state index contributed by atoms with van der Waals surface area (Å²) in [5, 5.41) is 8.97. The number of carboxylic acid groups (broad SMARTS) is 1. The number of ether oxygens (including phenoxy) is 2. The van der Waals surface area contributed by atoms with Gasteiger partial charge in [0.2, 0.25) is 0 Å². The number of para-hydroxylation sites is 1. The molecule has 0 amide bonds. The Morgan fingerprint density at radius 1 is 1.35 bits per heavy atom. The first kappa shape index (κ1) is 13.5. The molecule has 17 heavy (non-hydrogen) atoms. The molecule has 0 saturated heterocycles. The minimum Gasteiger partial charge on any atom is -0.493 e. The van der Waals surface area contributed by atoms with E-state index in [9.17, 15) is 4.79 Å². The summed E-state index contributed by atoms with van der Waals surface area (Å²) in [7, 11) is 1.64. The zero-order valence-corrected chi connectivity index (χ0v) is 10.4. The first-order chi connectivity index (χ1) is 7.96. The maximum absolute atomic E-state index is 10.9. The lowest BCUT2D eigenvalue weighted by atomic mass is 10.1. The van der Waals surface area contributed by atoms with Crippen molar-refractivity contribution in [1.29, 1.82) is 0 Å². The average molecular weight is 238 g/mol. The first-order valence-electron chi connectivity index (χ1n) is 5.46. The topological polar surface area (TPSA) is 55.8 Å². The van der Waals surface area contributed by atoms with Crippen molar-refractivity contribution in [2.24, 2.45) is 0 Å². The molecule has 94 valence electrons. The number of rotatable bonds is 6. The molecule has 0 bridgehead atoms. The van der Waals surface area contributed by atoms with Crippen LogP contribution in [0.15, 0.2) is 24.3 Å². The lowest BCUT2D eigenvalue weighted by Gasteiger charge is -2.22. The predicted octanol–water partition coefficient (Wildman–Crippen LogP) is 2.58.